The Hall–Kier alpha value is -16.2. The van der Waals surface area contributed by atoms with E-state index in [9.17, 15) is 0 Å². The summed E-state index contributed by atoms with van der Waals surface area (Å²) in [5, 5.41) is 14.9. The van der Waals surface area contributed by atoms with E-state index in [0.29, 0.717) is 52.4 Å². The summed E-state index contributed by atoms with van der Waals surface area (Å²) < 4.78 is 0. The molecule has 0 bridgehead atoms. The van der Waals surface area contributed by atoms with Gasteiger partial charge in [0.1, 0.15) is 0 Å². The van der Waals surface area contributed by atoms with Crippen LogP contribution in [0.2, 0.25) is 0 Å². The van der Waals surface area contributed by atoms with Gasteiger partial charge in [-0.3, -0.25) is 15.0 Å². The molecule has 0 N–H and O–H groups in total. The Balaban J connectivity index is 0.000000114. The fraction of sp³-hybridized carbons (Fsp3) is 0. The Morgan fingerprint density at radius 2 is 0.483 bits per heavy atom. The van der Waals surface area contributed by atoms with Crippen LogP contribution in [0.3, 0.4) is 0 Å². The highest BCUT2D eigenvalue weighted by Gasteiger charge is 2.20. The first-order valence-corrected chi connectivity index (χ1v) is 39.1. The van der Waals surface area contributed by atoms with E-state index >= 15 is 0 Å². The summed E-state index contributed by atoms with van der Waals surface area (Å²) in [6.07, 6.45) is 5.65. The van der Waals surface area contributed by atoms with E-state index in [4.69, 9.17) is 49.8 Å². The van der Waals surface area contributed by atoms with Crippen LogP contribution in [-0.4, -0.2) is 59.8 Å². The van der Waals surface area contributed by atoms with Crippen molar-refractivity contribution in [1.82, 2.24) is 59.8 Å². The Morgan fingerprint density at radius 1 is 0.153 bits per heavy atom. The molecule has 0 amide bonds. The third-order valence-corrected chi connectivity index (χ3v) is 21.3. The van der Waals surface area contributed by atoms with Crippen LogP contribution in [-0.2, 0) is 0 Å². The third kappa shape index (κ3) is 14.7. The minimum absolute atomic E-state index is 0.633. The van der Waals surface area contributed by atoms with Crippen LogP contribution >= 0.6 is 0 Å². The predicted octanol–water partition coefficient (Wildman–Crippen LogP) is 25.9. The quantitative estimate of drug-likeness (QED) is 0.114. The second-order valence-corrected chi connectivity index (χ2v) is 28.7. The van der Waals surface area contributed by atoms with Gasteiger partial charge in [-0.2, -0.15) is 0 Å². The maximum Gasteiger partial charge on any atom is 0.164 e. The SMILES string of the molecule is c1ccc(-c2nc(-c3ccccc3)nc(-c3ccc(-c4cc5ccccc5cn4)cc3)n2)cc1.c1ccc2c(-c3nc(-c4ccc(-c5ccnc6ccccc56)cc4)nc(-c4cccc5ccccc45)n3)cccc2c1.c1ccc2cc(-c3nc(-c4ccc(-c5nccc6ccccc56)cc4)nc(-c4ccc5ccccc5c4)n3)ccc2c1. The lowest BCUT2D eigenvalue weighted by Crippen LogP contribution is -2.01. The first-order chi connectivity index (χ1) is 58.4. The first-order valence-electron chi connectivity index (χ1n) is 39.1. The Kier molecular flexibility index (Phi) is 19.1. The first kappa shape index (κ1) is 70.9. The summed E-state index contributed by atoms with van der Waals surface area (Å²) in [7, 11) is 0. The van der Waals surface area contributed by atoms with Gasteiger partial charge < -0.3 is 0 Å². The lowest BCUT2D eigenvalue weighted by Gasteiger charge is -2.12. The molecule has 0 saturated heterocycles. The zero-order valence-electron chi connectivity index (χ0n) is 63.6. The van der Waals surface area contributed by atoms with E-state index in [1.807, 2.05) is 122 Å². The Labute approximate surface area is 680 Å². The predicted molar refractivity (Wildman–Crippen MR) is 481 cm³/mol. The molecule has 0 atom stereocenters. The average Bonchev–Trinajstić information content (AvgIpc) is 0.774. The number of nitrogens with zero attached hydrogens (tertiary/aromatic N) is 12. The van der Waals surface area contributed by atoms with E-state index < -0.39 is 0 Å². The number of benzene rings is 16. The van der Waals surface area contributed by atoms with Crippen LogP contribution in [0.1, 0.15) is 0 Å². The molecule has 22 aromatic rings. The van der Waals surface area contributed by atoms with Gasteiger partial charge in [-0.05, 0) is 101 Å². The lowest BCUT2D eigenvalue weighted by atomic mass is 10.00. The molecular formula is C106H68N12. The van der Waals surface area contributed by atoms with Gasteiger partial charge in [-0.1, -0.05) is 358 Å². The highest BCUT2D eigenvalue weighted by molar-refractivity contribution is 6.00. The zero-order chi connectivity index (χ0) is 78.5. The number of fused-ring (bicyclic) bond motifs is 7. The molecule has 0 aliphatic rings. The van der Waals surface area contributed by atoms with E-state index in [-0.39, 0.29) is 0 Å². The highest BCUT2D eigenvalue weighted by Crippen LogP contribution is 2.38. The molecule has 12 nitrogen and oxygen atoms in total. The van der Waals surface area contributed by atoms with E-state index in [1.165, 1.54) is 21.5 Å². The van der Waals surface area contributed by atoms with Gasteiger partial charge in [-0.15, -0.1) is 0 Å². The van der Waals surface area contributed by atoms with Crippen molar-refractivity contribution in [3.05, 3.63) is 413 Å². The fourth-order valence-corrected chi connectivity index (χ4v) is 15.2. The molecule has 16 aromatic carbocycles. The normalized spacial score (nSPS) is 11.2. The maximum atomic E-state index is 5.07. The molecule has 12 heteroatoms. The molecule has 0 spiro atoms. The Bertz CT molecular complexity index is 7220. The molecule has 6 heterocycles. The standard InChI is InChI=1S/2C38H24N4.C30H20N4/c1-3-13-29-25(9-1)11-7-16-33(29)37-40-36(41-38(42-37)34-17-8-12-26-10-2-4-14-30(26)34)28-21-19-27(20-22-28)31-23-24-39-35-18-6-5-15-32(31)35;1-3-10-30-23-32(19-13-25(30)7-1)37-40-36(41-38(42-37)33-20-14-26-8-2-4-11-31(26)24-33)29-17-15-28(16-18-29)35-34-12-6-5-9-27(34)21-22-39-35;1-3-9-22(10-4-1)28-32-29(23-11-5-2-6-12-23)34-30(33-28)24-17-15-21(16-18-24)27-19-25-13-7-8-14-26(25)20-31-27/h2*1-24H;1-20H. The van der Waals surface area contributed by atoms with Gasteiger partial charge in [0.15, 0.2) is 52.4 Å². The molecular weight excluding hydrogens is 1440 g/mol. The summed E-state index contributed by atoms with van der Waals surface area (Å²) >= 11 is 0. The zero-order valence-corrected chi connectivity index (χ0v) is 63.6. The van der Waals surface area contributed by atoms with Crippen LogP contribution in [0.4, 0.5) is 0 Å². The molecule has 22 rings (SSSR count). The maximum absolute atomic E-state index is 5.07. The van der Waals surface area contributed by atoms with Crippen LogP contribution in [0.5, 0.6) is 0 Å². The second kappa shape index (κ2) is 31.8. The van der Waals surface area contributed by atoms with Gasteiger partial charge in [0.05, 0.1) is 16.9 Å². The van der Waals surface area contributed by atoms with E-state index in [2.05, 4.69) is 301 Å². The van der Waals surface area contributed by atoms with Crippen molar-refractivity contribution in [1.29, 1.82) is 0 Å². The van der Waals surface area contributed by atoms with Crippen molar-refractivity contribution in [2.75, 3.05) is 0 Å². The number of rotatable bonds is 12. The molecule has 0 fully saturated rings. The van der Waals surface area contributed by atoms with Gasteiger partial charge in [0.25, 0.3) is 0 Å². The van der Waals surface area contributed by atoms with Crippen molar-refractivity contribution in [2.45, 2.75) is 0 Å². The van der Waals surface area contributed by atoms with Crippen molar-refractivity contribution >= 4 is 75.5 Å². The van der Waals surface area contributed by atoms with Crippen LogP contribution in [0.15, 0.2) is 413 Å². The van der Waals surface area contributed by atoms with Gasteiger partial charge in [0.2, 0.25) is 0 Å². The van der Waals surface area contributed by atoms with E-state index in [0.717, 1.165) is 138 Å². The number of aromatic nitrogens is 12. The molecule has 0 aliphatic carbocycles. The fourth-order valence-electron chi connectivity index (χ4n) is 15.2. The monoisotopic (exact) mass is 1510 g/mol. The smallest absolute Gasteiger partial charge is 0.164 e. The summed E-state index contributed by atoms with van der Waals surface area (Å²) in [5.41, 5.74) is 15.8. The Morgan fingerprint density at radius 3 is 0.983 bits per heavy atom. The van der Waals surface area contributed by atoms with Crippen LogP contribution in [0.25, 0.3) is 212 Å². The molecule has 118 heavy (non-hydrogen) atoms. The molecule has 0 unspecified atom stereocenters. The van der Waals surface area contributed by atoms with Crippen LogP contribution < -0.4 is 0 Å². The number of hydrogen-bond acceptors (Lipinski definition) is 12. The molecule has 0 aliphatic heterocycles. The topological polar surface area (TPSA) is 155 Å². The lowest BCUT2D eigenvalue weighted by molar-refractivity contribution is 1.07. The molecule has 552 valence electrons. The second-order valence-electron chi connectivity index (χ2n) is 28.7. The summed E-state index contributed by atoms with van der Waals surface area (Å²) in [6, 6.07) is 135. The van der Waals surface area contributed by atoms with E-state index in [1.54, 1.807) is 0 Å². The molecule has 0 saturated carbocycles. The van der Waals surface area contributed by atoms with Gasteiger partial charge >= 0.3 is 0 Å². The number of pyridine rings is 3. The average molecular weight is 1510 g/mol. The van der Waals surface area contributed by atoms with Gasteiger partial charge in [0, 0.05) is 95.9 Å². The molecule has 0 radical (unpaired) electrons. The number of hydrogen-bond donors (Lipinski definition) is 0. The summed E-state index contributed by atoms with van der Waals surface area (Å²) in [4.78, 5) is 58.4. The van der Waals surface area contributed by atoms with Gasteiger partial charge in [-0.25, -0.2) is 44.9 Å². The summed E-state index contributed by atoms with van der Waals surface area (Å²) in [6.45, 7) is 0. The minimum Gasteiger partial charge on any atom is -0.256 e. The number of para-hydroxylation sites is 1. The summed E-state index contributed by atoms with van der Waals surface area (Å²) in [5.74, 6) is 5.84. The van der Waals surface area contributed by atoms with Crippen molar-refractivity contribution in [3.63, 3.8) is 0 Å². The third-order valence-electron chi connectivity index (χ3n) is 21.3. The van der Waals surface area contributed by atoms with Crippen LogP contribution in [0, 0.1) is 0 Å². The largest absolute Gasteiger partial charge is 0.256 e. The minimum atomic E-state index is 0.633. The highest BCUT2D eigenvalue weighted by atomic mass is 15.1. The van der Waals surface area contributed by atoms with Crippen molar-refractivity contribution < 1.29 is 0 Å². The molecule has 6 aromatic heterocycles. The van der Waals surface area contributed by atoms with Crippen molar-refractivity contribution in [2.24, 2.45) is 0 Å². The van der Waals surface area contributed by atoms with Crippen molar-refractivity contribution in [3.8, 4) is 136 Å².